The number of carbonyl (C=O) groups excluding carboxylic acids is 1. The summed E-state index contributed by atoms with van der Waals surface area (Å²) >= 11 is 0. The highest BCUT2D eigenvalue weighted by Crippen LogP contribution is 2.14. The molecule has 5 nitrogen and oxygen atoms in total. The van der Waals surface area contributed by atoms with Crippen molar-refractivity contribution in [2.75, 3.05) is 26.7 Å². The quantitative estimate of drug-likeness (QED) is 0.819. The van der Waals surface area contributed by atoms with E-state index in [1.165, 1.54) is 0 Å². The van der Waals surface area contributed by atoms with E-state index in [1.54, 1.807) is 6.20 Å². The number of amides is 1. The molecule has 1 amide bonds. The molecule has 0 saturated carbocycles. The van der Waals surface area contributed by atoms with Gasteiger partial charge in [-0.1, -0.05) is 6.07 Å². The van der Waals surface area contributed by atoms with Crippen molar-refractivity contribution in [2.24, 2.45) is 5.73 Å². The van der Waals surface area contributed by atoms with Crippen molar-refractivity contribution in [3.8, 4) is 0 Å². The maximum Gasteiger partial charge on any atom is 0.237 e. The van der Waals surface area contributed by atoms with Gasteiger partial charge in [-0.05, 0) is 31.6 Å². The Labute approximate surface area is 108 Å². The fraction of sp³-hybridized carbons (Fsp3) is 0.538. The lowest BCUT2D eigenvalue weighted by Crippen LogP contribution is -2.54. The van der Waals surface area contributed by atoms with E-state index in [2.05, 4.69) is 9.88 Å². The van der Waals surface area contributed by atoms with Crippen LogP contribution in [0.1, 0.15) is 12.0 Å². The van der Waals surface area contributed by atoms with Crippen LogP contribution in [0.3, 0.4) is 0 Å². The first kappa shape index (κ1) is 13.0. The van der Waals surface area contributed by atoms with Crippen molar-refractivity contribution < 1.29 is 4.79 Å². The number of nitrogens with two attached hydrogens (primary N) is 1. The molecule has 0 spiro atoms. The summed E-state index contributed by atoms with van der Waals surface area (Å²) in [7, 11) is 1.99. The van der Waals surface area contributed by atoms with E-state index in [0.717, 1.165) is 18.5 Å². The first-order valence-electron chi connectivity index (χ1n) is 6.27. The SMILES string of the molecule is CN1CC(=O)N(Cc2cccnc2)CC1CCN. The predicted octanol–water partition coefficient (Wildman–Crippen LogP) is 0.0730. The summed E-state index contributed by atoms with van der Waals surface area (Å²) < 4.78 is 0. The van der Waals surface area contributed by atoms with Gasteiger partial charge in [-0.25, -0.2) is 0 Å². The van der Waals surface area contributed by atoms with E-state index in [4.69, 9.17) is 5.73 Å². The van der Waals surface area contributed by atoms with Crippen LogP contribution >= 0.6 is 0 Å². The fourth-order valence-electron chi connectivity index (χ4n) is 2.31. The Hall–Kier alpha value is -1.46. The van der Waals surface area contributed by atoms with Gasteiger partial charge in [-0.3, -0.25) is 14.7 Å². The Morgan fingerprint density at radius 3 is 3.06 bits per heavy atom. The lowest BCUT2D eigenvalue weighted by molar-refractivity contribution is -0.138. The second-order valence-electron chi connectivity index (χ2n) is 4.78. The van der Waals surface area contributed by atoms with E-state index in [9.17, 15) is 4.79 Å². The number of hydrogen-bond donors (Lipinski definition) is 1. The highest BCUT2D eigenvalue weighted by atomic mass is 16.2. The van der Waals surface area contributed by atoms with Crippen LogP contribution in [0.25, 0.3) is 0 Å². The largest absolute Gasteiger partial charge is 0.336 e. The summed E-state index contributed by atoms with van der Waals surface area (Å²) in [5.74, 6) is 0.176. The first-order chi connectivity index (χ1) is 8.70. The van der Waals surface area contributed by atoms with Gasteiger partial charge in [-0.2, -0.15) is 0 Å². The molecule has 2 heterocycles. The standard InChI is InChI=1S/C13H20N4O/c1-16-10-13(18)17(9-12(16)4-5-14)8-11-3-2-6-15-7-11/h2-3,6-7,12H,4-5,8-10,14H2,1H3. The van der Waals surface area contributed by atoms with Crippen molar-refractivity contribution in [1.82, 2.24) is 14.8 Å². The van der Waals surface area contributed by atoms with E-state index in [0.29, 0.717) is 25.7 Å². The molecule has 1 atom stereocenters. The normalized spacial score (nSPS) is 21.3. The van der Waals surface area contributed by atoms with Gasteiger partial charge in [0, 0.05) is 31.5 Å². The Balaban J connectivity index is 2.01. The van der Waals surface area contributed by atoms with Crippen LogP contribution in [0.2, 0.25) is 0 Å². The Bertz CT molecular complexity index is 395. The minimum atomic E-state index is 0.176. The summed E-state index contributed by atoms with van der Waals surface area (Å²) in [4.78, 5) is 20.1. The van der Waals surface area contributed by atoms with Crippen LogP contribution in [0, 0.1) is 0 Å². The molecule has 1 aromatic heterocycles. The fourth-order valence-corrected chi connectivity index (χ4v) is 2.31. The number of nitrogens with zero attached hydrogens (tertiary/aromatic N) is 3. The van der Waals surface area contributed by atoms with Crippen molar-refractivity contribution in [1.29, 1.82) is 0 Å². The number of pyridine rings is 1. The van der Waals surface area contributed by atoms with Crippen molar-refractivity contribution >= 4 is 5.91 Å². The van der Waals surface area contributed by atoms with Gasteiger partial charge in [-0.15, -0.1) is 0 Å². The number of hydrogen-bond acceptors (Lipinski definition) is 4. The highest BCUT2D eigenvalue weighted by Gasteiger charge is 2.28. The number of aromatic nitrogens is 1. The maximum absolute atomic E-state index is 12.0. The molecule has 18 heavy (non-hydrogen) atoms. The third-order valence-corrected chi connectivity index (χ3v) is 3.39. The van der Waals surface area contributed by atoms with Gasteiger partial charge >= 0.3 is 0 Å². The average molecular weight is 248 g/mol. The summed E-state index contributed by atoms with van der Waals surface area (Å²) in [6, 6.07) is 4.26. The molecule has 1 saturated heterocycles. The van der Waals surface area contributed by atoms with Gasteiger partial charge in [0.2, 0.25) is 5.91 Å². The molecule has 1 aliphatic heterocycles. The lowest BCUT2D eigenvalue weighted by Gasteiger charge is -2.39. The highest BCUT2D eigenvalue weighted by molar-refractivity contribution is 5.79. The zero-order valence-corrected chi connectivity index (χ0v) is 10.7. The molecule has 2 N–H and O–H groups in total. The number of piperazine rings is 1. The van der Waals surface area contributed by atoms with Gasteiger partial charge in [0.25, 0.3) is 0 Å². The van der Waals surface area contributed by atoms with Crippen molar-refractivity contribution in [3.05, 3.63) is 30.1 Å². The number of carbonyl (C=O) groups is 1. The summed E-state index contributed by atoms with van der Waals surface area (Å²) in [6.45, 7) is 2.53. The minimum Gasteiger partial charge on any atom is -0.336 e. The Morgan fingerprint density at radius 1 is 1.56 bits per heavy atom. The molecular formula is C13H20N4O. The summed E-state index contributed by atoms with van der Waals surface area (Å²) in [6.07, 6.45) is 4.48. The molecule has 5 heteroatoms. The monoisotopic (exact) mass is 248 g/mol. The van der Waals surface area contributed by atoms with Crippen LogP contribution < -0.4 is 5.73 Å². The molecule has 0 aromatic carbocycles. The lowest BCUT2D eigenvalue weighted by atomic mass is 10.1. The van der Waals surface area contributed by atoms with Crippen LogP contribution in [0.5, 0.6) is 0 Å². The van der Waals surface area contributed by atoms with Gasteiger partial charge in [0.15, 0.2) is 0 Å². The van der Waals surface area contributed by atoms with Crippen LogP contribution in [-0.4, -0.2) is 53.4 Å². The smallest absolute Gasteiger partial charge is 0.237 e. The van der Waals surface area contributed by atoms with E-state index in [1.807, 2.05) is 30.3 Å². The molecule has 98 valence electrons. The molecule has 2 rings (SSSR count). The molecule has 1 fully saturated rings. The molecule has 1 aromatic rings. The van der Waals surface area contributed by atoms with E-state index >= 15 is 0 Å². The number of rotatable bonds is 4. The number of likely N-dealkylation sites (N-methyl/N-ethyl adjacent to an activating group) is 1. The molecular weight excluding hydrogens is 228 g/mol. The van der Waals surface area contributed by atoms with E-state index < -0.39 is 0 Å². The average Bonchev–Trinajstić information content (AvgIpc) is 2.37. The van der Waals surface area contributed by atoms with Gasteiger partial charge in [0.05, 0.1) is 6.54 Å². The second-order valence-corrected chi connectivity index (χ2v) is 4.78. The van der Waals surface area contributed by atoms with Gasteiger partial charge in [0.1, 0.15) is 0 Å². The third-order valence-electron chi connectivity index (χ3n) is 3.39. The molecule has 0 bridgehead atoms. The zero-order chi connectivity index (χ0) is 13.0. The Kier molecular flexibility index (Phi) is 4.28. The van der Waals surface area contributed by atoms with Crippen LogP contribution in [-0.2, 0) is 11.3 Å². The Morgan fingerprint density at radius 2 is 2.39 bits per heavy atom. The first-order valence-corrected chi connectivity index (χ1v) is 6.27. The summed E-state index contributed by atoms with van der Waals surface area (Å²) in [5.41, 5.74) is 6.69. The van der Waals surface area contributed by atoms with Crippen molar-refractivity contribution in [3.63, 3.8) is 0 Å². The van der Waals surface area contributed by atoms with E-state index in [-0.39, 0.29) is 5.91 Å². The molecule has 1 unspecified atom stereocenters. The molecule has 1 aliphatic rings. The summed E-state index contributed by atoms with van der Waals surface area (Å²) in [5, 5.41) is 0. The molecule has 0 aliphatic carbocycles. The molecule has 0 radical (unpaired) electrons. The van der Waals surface area contributed by atoms with Crippen LogP contribution in [0.15, 0.2) is 24.5 Å². The van der Waals surface area contributed by atoms with Crippen LogP contribution in [0.4, 0.5) is 0 Å². The van der Waals surface area contributed by atoms with Crippen molar-refractivity contribution in [2.45, 2.75) is 19.0 Å². The zero-order valence-electron chi connectivity index (χ0n) is 10.7. The second kappa shape index (κ2) is 5.93. The minimum absolute atomic E-state index is 0.176. The maximum atomic E-state index is 12.0. The van der Waals surface area contributed by atoms with Gasteiger partial charge < -0.3 is 10.6 Å². The third kappa shape index (κ3) is 3.05. The predicted molar refractivity (Wildman–Crippen MR) is 69.7 cm³/mol. The topological polar surface area (TPSA) is 62.5 Å².